The van der Waals surface area contributed by atoms with Crippen molar-refractivity contribution in [3.8, 4) is 23.0 Å². The Morgan fingerprint density at radius 2 is 1.65 bits per heavy atom. The first-order valence-corrected chi connectivity index (χ1v) is 26.1. The Morgan fingerprint density at radius 1 is 0.903 bits per heavy atom. The second-order valence-electron chi connectivity index (χ2n) is 20.9. The van der Waals surface area contributed by atoms with Gasteiger partial charge in [-0.25, -0.2) is 4.79 Å². The van der Waals surface area contributed by atoms with Crippen LogP contribution in [0, 0.1) is 23.7 Å². The number of hydrogen-bond donors (Lipinski definition) is 3. The van der Waals surface area contributed by atoms with Crippen molar-refractivity contribution in [1.29, 1.82) is 0 Å². The molecule has 72 heavy (non-hydrogen) atoms. The molecule has 2 amide bonds. The normalized spacial score (nSPS) is 23.1. The molecule has 2 saturated carbocycles. The number of carbonyl (C=O) groups excluding carboxylic acids is 2. The second kappa shape index (κ2) is 23.8. The first-order chi connectivity index (χ1) is 34.9. The van der Waals surface area contributed by atoms with E-state index in [1.54, 1.807) is 37.5 Å². The molecule has 2 fully saturated rings. The van der Waals surface area contributed by atoms with Crippen molar-refractivity contribution in [3.05, 3.63) is 114 Å². The average molecular weight is 986 g/mol. The number of amides is 2. The van der Waals surface area contributed by atoms with Gasteiger partial charge in [-0.3, -0.25) is 10.1 Å². The van der Waals surface area contributed by atoms with Crippen LogP contribution < -0.4 is 24.3 Å². The fourth-order valence-corrected chi connectivity index (χ4v) is 11.8. The minimum absolute atomic E-state index is 0.0150. The molecule has 1 aliphatic heterocycles. The summed E-state index contributed by atoms with van der Waals surface area (Å²) in [6, 6.07) is 24.5. The first kappa shape index (κ1) is 52.4. The molecule has 0 aromatic heterocycles. The van der Waals surface area contributed by atoms with Gasteiger partial charge in [-0.1, -0.05) is 98.3 Å². The molecule has 0 spiro atoms. The van der Waals surface area contributed by atoms with Crippen molar-refractivity contribution >= 4 is 34.2 Å². The van der Waals surface area contributed by atoms with Gasteiger partial charge in [-0.15, -0.1) is 6.58 Å². The largest absolute Gasteiger partial charge is 0.497 e. The highest BCUT2D eigenvalue weighted by Crippen LogP contribution is 2.62. The highest BCUT2D eigenvalue weighted by atomic mass is 16.7. The van der Waals surface area contributed by atoms with Crippen LogP contribution in [0.4, 0.5) is 10.5 Å². The van der Waals surface area contributed by atoms with Gasteiger partial charge in [0.25, 0.3) is 0 Å². The van der Waals surface area contributed by atoms with Crippen molar-refractivity contribution in [1.82, 2.24) is 4.90 Å². The Hall–Kier alpha value is -5.89. The molecule has 3 N–H and O–H groups in total. The number of nitrogens with one attached hydrogen (secondary N) is 1. The highest BCUT2D eigenvalue weighted by Gasteiger charge is 2.65. The lowest BCUT2D eigenvalue weighted by Gasteiger charge is -2.60. The number of aliphatic hydroxyl groups excluding tert-OH is 2. The Labute approximate surface area is 425 Å². The Kier molecular flexibility index (Phi) is 17.3. The molecule has 4 aliphatic rings. The van der Waals surface area contributed by atoms with Crippen LogP contribution in [-0.4, -0.2) is 84.3 Å². The first-order valence-electron chi connectivity index (χ1n) is 26.1. The molecule has 0 saturated heterocycles. The smallest absolute Gasteiger partial charge is 0.417 e. The summed E-state index contributed by atoms with van der Waals surface area (Å²) in [6.45, 7) is 10.6. The maximum atomic E-state index is 15.5. The quantitative estimate of drug-likeness (QED) is 0.0393. The number of oxime groups is 1. The van der Waals surface area contributed by atoms with Gasteiger partial charge in [0, 0.05) is 50.1 Å². The number of hydrogen-bond acceptors (Lipinski definition) is 11. The summed E-state index contributed by atoms with van der Waals surface area (Å²) in [6.07, 6.45) is 13.8. The lowest BCUT2D eigenvalue weighted by molar-refractivity contribution is -0.258. The molecule has 386 valence electrons. The summed E-state index contributed by atoms with van der Waals surface area (Å²) >= 11 is 0. The van der Waals surface area contributed by atoms with Gasteiger partial charge in [0.15, 0.2) is 0 Å². The zero-order valence-electron chi connectivity index (χ0n) is 42.9. The van der Waals surface area contributed by atoms with Gasteiger partial charge in [0.2, 0.25) is 11.7 Å². The topological polar surface area (TPSA) is 158 Å². The summed E-state index contributed by atoms with van der Waals surface area (Å²) in [7, 11) is 3.08. The van der Waals surface area contributed by atoms with Crippen molar-refractivity contribution in [2.24, 2.45) is 28.8 Å². The third kappa shape index (κ3) is 11.8. The van der Waals surface area contributed by atoms with E-state index >= 15 is 4.79 Å². The molecule has 3 aliphatic carbocycles. The van der Waals surface area contributed by atoms with Crippen LogP contribution in [0.2, 0.25) is 0 Å². The number of fused-ring (bicyclic) bond motifs is 3. The van der Waals surface area contributed by atoms with Crippen molar-refractivity contribution < 1.29 is 48.3 Å². The molecule has 0 radical (unpaired) electrons. The van der Waals surface area contributed by atoms with E-state index in [4.69, 9.17) is 33.7 Å². The fraction of sp³-hybridized carbons (Fsp3) is 0.508. The number of allylic oxidation sites excluding steroid dienone is 1. The molecule has 13 nitrogen and oxygen atoms in total. The molecule has 1 heterocycles. The molecule has 0 bridgehead atoms. The maximum Gasteiger partial charge on any atom is 0.417 e. The van der Waals surface area contributed by atoms with Gasteiger partial charge in [-0.2, -0.15) is 0 Å². The maximum absolute atomic E-state index is 15.5. The van der Waals surface area contributed by atoms with E-state index in [2.05, 4.69) is 48.3 Å². The van der Waals surface area contributed by atoms with Crippen molar-refractivity contribution in [2.75, 3.05) is 39.4 Å². The zero-order chi connectivity index (χ0) is 50.8. The van der Waals surface area contributed by atoms with Gasteiger partial charge < -0.3 is 43.6 Å². The molecule has 6 atom stereocenters. The number of benzene rings is 4. The number of nitrogens with zero attached hydrogens (tertiary/aromatic N) is 2. The van der Waals surface area contributed by atoms with Gasteiger partial charge in [0.05, 0.1) is 38.1 Å². The molecule has 8 rings (SSSR count). The van der Waals surface area contributed by atoms with Crippen LogP contribution in [0.3, 0.4) is 0 Å². The number of rotatable bonds is 22. The van der Waals surface area contributed by atoms with E-state index < -0.39 is 29.4 Å². The highest BCUT2D eigenvalue weighted by molar-refractivity contribution is 6.03. The van der Waals surface area contributed by atoms with Crippen molar-refractivity contribution in [2.45, 2.75) is 134 Å². The van der Waals surface area contributed by atoms with Crippen LogP contribution >= 0.6 is 0 Å². The summed E-state index contributed by atoms with van der Waals surface area (Å²) in [5.74, 6) is 0.0478. The minimum Gasteiger partial charge on any atom is -0.497 e. The number of carbonyl (C=O) groups is 2. The van der Waals surface area contributed by atoms with Gasteiger partial charge in [0.1, 0.15) is 34.6 Å². The van der Waals surface area contributed by atoms with Crippen LogP contribution in [0.15, 0.2) is 108 Å². The number of aliphatic hydroxyl groups is 2. The zero-order valence-corrected chi connectivity index (χ0v) is 42.9. The fourth-order valence-electron chi connectivity index (χ4n) is 11.8. The molecular weight excluding hydrogens is 911 g/mol. The van der Waals surface area contributed by atoms with Crippen LogP contribution in [0.5, 0.6) is 23.0 Å². The van der Waals surface area contributed by atoms with E-state index in [0.717, 1.165) is 78.1 Å². The number of anilines is 1. The number of methoxy groups -OCH3 is 2. The van der Waals surface area contributed by atoms with Crippen molar-refractivity contribution in [3.63, 3.8) is 0 Å². The summed E-state index contributed by atoms with van der Waals surface area (Å²) in [5.41, 5.74) is 3.29. The number of unbranched alkanes of at least 4 members (excludes halogenated alkanes) is 2. The average Bonchev–Trinajstić information content (AvgIpc) is 3.91. The number of ether oxygens (including phenoxy) is 5. The third-order valence-electron chi connectivity index (χ3n) is 15.1. The van der Waals surface area contributed by atoms with Gasteiger partial charge >= 0.3 is 6.09 Å². The monoisotopic (exact) mass is 986 g/mol. The van der Waals surface area contributed by atoms with Crippen LogP contribution in [0.1, 0.15) is 121 Å². The van der Waals surface area contributed by atoms with Crippen LogP contribution in [-0.2, 0) is 20.9 Å². The molecular formula is C59H75N3O10. The second-order valence-corrected chi connectivity index (χ2v) is 20.9. The lowest BCUT2D eigenvalue weighted by Crippen LogP contribution is -2.70. The Morgan fingerprint density at radius 3 is 2.39 bits per heavy atom. The minimum atomic E-state index is -1.46. The van der Waals surface area contributed by atoms with E-state index in [1.807, 2.05) is 49.9 Å². The van der Waals surface area contributed by atoms with E-state index in [0.29, 0.717) is 60.4 Å². The summed E-state index contributed by atoms with van der Waals surface area (Å²) in [5, 5.41) is 30.2. The summed E-state index contributed by atoms with van der Waals surface area (Å²) < 4.78 is 31.9. The van der Waals surface area contributed by atoms with E-state index in [-0.39, 0.29) is 49.9 Å². The van der Waals surface area contributed by atoms with Crippen LogP contribution in [0.25, 0.3) is 10.8 Å². The standard InChI is InChI=1S/C59H75N3O10/c1-7-33-69-59-53(62(54(65)30-25-39-17-8-9-18-39)38-42-22-16-21-40-19-10-11-23-45(40)42)37-50(61-72-58(2,3)4)47-34-41(20-12-14-31-63)46(24-13-15-32-64)55(56(47)59)48-35-44(27-29-51(48)71-59)70-57(66)60-49-28-26-43(67-5)36-52(49)68-6/h7,10-11,16,19,21-23,26-29,34-36,39,41,46,53,55-56,63-64H,1,8-9,12-15,17-18,20,24-25,30-33,37-38H2,2-6H3,(H,60,66). The van der Waals surface area contributed by atoms with E-state index in [9.17, 15) is 15.0 Å². The summed E-state index contributed by atoms with van der Waals surface area (Å²) in [4.78, 5) is 37.7. The molecule has 4 aromatic rings. The molecule has 6 unspecified atom stereocenters. The lowest BCUT2D eigenvalue weighted by atomic mass is 9.55. The third-order valence-corrected chi connectivity index (χ3v) is 15.1. The predicted molar refractivity (Wildman–Crippen MR) is 281 cm³/mol. The van der Waals surface area contributed by atoms with Gasteiger partial charge in [-0.05, 0) is 123 Å². The molecule has 4 aromatic carbocycles. The SMILES string of the molecule is C=CCOC12Oc3ccc(OC(=O)Nc4ccc(OC)cc4OC)cc3C3C(CCCCO)C(CCCCO)C=C(C(=NOC(C)(C)C)CC1N(Cc1cccc4ccccc14)C(=O)CCC1CCCC1)C32. The van der Waals surface area contributed by atoms with E-state index in [1.165, 1.54) is 20.0 Å². The predicted octanol–water partition coefficient (Wildman–Crippen LogP) is 11.9. The Balaban J connectivity index is 1.31. The Bertz CT molecular complexity index is 2580. The molecule has 13 heteroatoms.